The van der Waals surface area contributed by atoms with Crippen LogP contribution in [0.15, 0.2) is 0 Å². The smallest absolute Gasteiger partial charge is 0.389 e. The van der Waals surface area contributed by atoms with Crippen molar-refractivity contribution in [1.29, 1.82) is 0 Å². The SMILES string of the molecule is CN1CCC(CC(F)(F)F)C(C(=O)O)CC1. The molecule has 16 heavy (non-hydrogen) atoms. The second kappa shape index (κ2) is 5.03. The van der Waals surface area contributed by atoms with Gasteiger partial charge < -0.3 is 10.0 Å². The van der Waals surface area contributed by atoms with Crippen LogP contribution in [0, 0.1) is 11.8 Å². The van der Waals surface area contributed by atoms with Gasteiger partial charge in [0, 0.05) is 6.42 Å². The lowest BCUT2D eigenvalue weighted by molar-refractivity contribution is -0.158. The van der Waals surface area contributed by atoms with Gasteiger partial charge in [0.1, 0.15) is 0 Å². The molecule has 0 radical (unpaired) electrons. The first-order valence-electron chi connectivity index (χ1n) is 5.27. The van der Waals surface area contributed by atoms with Crippen LogP contribution in [0.5, 0.6) is 0 Å². The Morgan fingerprint density at radius 3 is 2.44 bits per heavy atom. The van der Waals surface area contributed by atoms with E-state index in [0.717, 1.165) is 0 Å². The summed E-state index contributed by atoms with van der Waals surface area (Å²) in [6.45, 7) is 1.08. The molecule has 0 aliphatic carbocycles. The van der Waals surface area contributed by atoms with Crippen LogP contribution >= 0.6 is 0 Å². The average molecular weight is 239 g/mol. The summed E-state index contributed by atoms with van der Waals surface area (Å²) < 4.78 is 36.9. The molecule has 0 amide bonds. The van der Waals surface area contributed by atoms with Crippen LogP contribution in [0.4, 0.5) is 13.2 Å². The van der Waals surface area contributed by atoms with Crippen LogP contribution in [0.2, 0.25) is 0 Å². The third kappa shape index (κ3) is 4.00. The zero-order valence-electron chi connectivity index (χ0n) is 9.13. The molecule has 2 unspecified atom stereocenters. The van der Waals surface area contributed by atoms with Gasteiger partial charge in [-0.25, -0.2) is 0 Å². The molecule has 0 bridgehead atoms. The summed E-state index contributed by atoms with van der Waals surface area (Å²) in [7, 11) is 1.80. The maximum Gasteiger partial charge on any atom is 0.389 e. The number of hydrogen-bond acceptors (Lipinski definition) is 2. The maximum absolute atomic E-state index is 12.3. The van der Waals surface area contributed by atoms with Crippen molar-refractivity contribution in [2.24, 2.45) is 11.8 Å². The maximum atomic E-state index is 12.3. The highest BCUT2D eigenvalue weighted by Gasteiger charge is 2.39. The highest BCUT2D eigenvalue weighted by Crippen LogP contribution is 2.34. The third-order valence-electron chi connectivity index (χ3n) is 3.08. The van der Waals surface area contributed by atoms with Crippen molar-refractivity contribution in [2.75, 3.05) is 20.1 Å². The van der Waals surface area contributed by atoms with Crippen LogP contribution in [0.1, 0.15) is 19.3 Å². The lowest BCUT2D eigenvalue weighted by atomic mass is 9.85. The molecule has 94 valence electrons. The summed E-state index contributed by atoms with van der Waals surface area (Å²) in [5.74, 6) is -2.77. The van der Waals surface area contributed by atoms with Gasteiger partial charge in [-0.1, -0.05) is 0 Å². The summed E-state index contributed by atoms with van der Waals surface area (Å²) in [4.78, 5) is 12.8. The number of rotatable bonds is 2. The number of nitrogens with zero attached hydrogens (tertiary/aromatic N) is 1. The fraction of sp³-hybridized carbons (Fsp3) is 0.900. The summed E-state index contributed by atoms with van der Waals surface area (Å²) in [5.41, 5.74) is 0. The number of aliphatic carboxylic acids is 1. The Balaban J connectivity index is 2.71. The molecule has 0 aromatic heterocycles. The van der Waals surface area contributed by atoms with E-state index in [1.165, 1.54) is 0 Å². The Morgan fingerprint density at radius 2 is 1.94 bits per heavy atom. The molecule has 1 aliphatic rings. The minimum atomic E-state index is -4.28. The molecule has 0 aromatic carbocycles. The fourth-order valence-corrected chi connectivity index (χ4v) is 2.16. The van der Waals surface area contributed by atoms with Crippen molar-refractivity contribution in [3.8, 4) is 0 Å². The number of likely N-dealkylation sites (tertiary alicyclic amines) is 1. The molecule has 0 spiro atoms. The zero-order chi connectivity index (χ0) is 12.3. The first-order valence-corrected chi connectivity index (χ1v) is 5.27. The second-order valence-electron chi connectivity index (χ2n) is 4.40. The molecule has 0 aromatic rings. The van der Waals surface area contributed by atoms with Crippen LogP contribution in [-0.2, 0) is 4.79 Å². The number of halogens is 3. The molecule has 3 nitrogen and oxygen atoms in total. The summed E-state index contributed by atoms with van der Waals surface area (Å²) in [6.07, 6.45) is -4.67. The number of carboxylic acid groups (broad SMARTS) is 1. The standard InChI is InChI=1S/C10H16F3NO2/c1-14-4-2-7(6-10(11,12)13)8(3-5-14)9(15)16/h7-8H,2-6H2,1H3,(H,15,16). The molecular formula is C10H16F3NO2. The first kappa shape index (κ1) is 13.3. The van der Waals surface area contributed by atoms with E-state index in [1.807, 2.05) is 4.90 Å². The fourth-order valence-electron chi connectivity index (χ4n) is 2.16. The van der Waals surface area contributed by atoms with Crippen molar-refractivity contribution in [2.45, 2.75) is 25.4 Å². The molecule has 1 N–H and O–H groups in total. The van der Waals surface area contributed by atoms with Crippen molar-refractivity contribution in [1.82, 2.24) is 4.90 Å². The highest BCUT2D eigenvalue weighted by molar-refractivity contribution is 5.70. The van der Waals surface area contributed by atoms with Crippen molar-refractivity contribution >= 4 is 5.97 Å². The Labute approximate surface area is 92.2 Å². The summed E-state index contributed by atoms with van der Waals surface area (Å²) >= 11 is 0. The predicted molar refractivity (Wildman–Crippen MR) is 52.0 cm³/mol. The van der Waals surface area contributed by atoms with Crippen molar-refractivity contribution < 1.29 is 23.1 Å². The zero-order valence-corrected chi connectivity index (χ0v) is 9.13. The lowest BCUT2D eigenvalue weighted by Gasteiger charge is -2.22. The van der Waals surface area contributed by atoms with Gasteiger partial charge in [-0.2, -0.15) is 13.2 Å². The van der Waals surface area contributed by atoms with Gasteiger partial charge in [0.15, 0.2) is 0 Å². The van der Waals surface area contributed by atoms with E-state index >= 15 is 0 Å². The van der Waals surface area contributed by atoms with E-state index in [0.29, 0.717) is 25.9 Å². The normalized spacial score (nSPS) is 28.8. The van der Waals surface area contributed by atoms with Gasteiger partial charge in [0.2, 0.25) is 0 Å². The monoisotopic (exact) mass is 239 g/mol. The Kier molecular flexibility index (Phi) is 4.18. The minimum absolute atomic E-state index is 0.298. The lowest BCUT2D eigenvalue weighted by Crippen LogP contribution is -2.28. The molecule has 1 rings (SSSR count). The van der Waals surface area contributed by atoms with Crippen LogP contribution in [0.25, 0.3) is 0 Å². The topological polar surface area (TPSA) is 40.5 Å². The van der Waals surface area contributed by atoms with Crippen LogP contribution in [-0.4, -0.2) is 42.3 Å². The number of carboxylic acids is 1. The first-order chi connectivity index (χ1) is 7.29. The summed E-state index contributed by atoms with van der Waals surface area (Å²) in [5, 5.41) is 8.93. The minimum Gasteiger partial charge on any atom is -0.481 e. The number of carbonyl (C=O) groups is 1. The molecule has 1 aliphatic heterocycles. The predicted octanol–water partition coefficient (Wildman–Crippen LogP) is 1.98. The Morgan fingerprint density at radius 1 is 1.38 bits per heavy atom. The number of alkyl halides is 3. The van der Waals surface area contributed by atoms with E-state index in [4.69, 9.17) is 5.11 Å². The van der Waals surface area contributed by atoms with E-state index < -0.39 is 30.4 Å². The van der Waals surface area contributed by atoms with Crippen molar-refractivity contribution in [3.63, 3.8) is 0 Å². The van der Waals surface area contributed by atoms with Gasteiger partial charge in [-0.15, -0.1) is 0 Å². The molecule has 1 fully saturated rings. The van der Waals surface area contributed by atoms with Crippen LogP contribution in [0.3, 0.4) is 0 Å². The second-order valence-corrected chi connectivity index (χ2v) is 4.40. The van der Waals surface area contributed by atoms with E-state index in [1.54, 1.807) is 7.05 Å². The summed E-state index contributed by atoms with van der Waals surface area (Å²) in [6, 6.07) is 0. The molecule has 0 saturated carbocycles. The average Bonchev–Trinajstić information content (AvgIpc) is 2.26. The molecule has 6 heteroatoms. The van der Waals surface area contributed by atoms with Gasteiger partial charge in [-0.3, -0.25) is 4.79 Å². The molecule has 2 atom stereocenters. The van der Waals surface area contributed by atoms with Crippen LogP contribution < -0.4 is 0 Å². The van der Waals surface area contributed by atoms with Gasteiger partial charge in [0.25, 0.3) is 0 Å². The van der Waals surface area contributed by atoms with Gasteiger partial charge in [0.05, 0.1) is 5.92 Å². The Hall–Kier alpha value is -0.780. The quantitative estimate of drug-likeness (QED) is 0.801. The van der Waals surface area contributed by atoms with E-state index in [9.17, 15) is 18.0 Å². The van der Waals surface area contributed by atoms with Gasteiger partial charge >= 0.3 is 12.1 Å². The van der Waals surface area contributed by atoms with E-state index in [2.05, 4.69) is 0 Å². The number of hydrogen-bond donors (Lipinski definition) is 1. The van der Waals surface area contributed by atoms with Crippen molar-refractivity contribution in [3.05, 3.63) is 0 Å². The molecule has 1 heterocycles. The highest BCUT2D eigenvalue weighted by atomic mass is 19.4. The largest absolute Gasteiger partial charge is 0.481 e. The third-order valence-corrected chi connectivity index (χ3v) is 3.08. The Bertz CT molecular complexity index is 255. The van der Waals surface area contributed by atoms with Gasteiger partial charge in [-0.05, 0) is 38.9 Å². The van der Waals surface area contributed by atoms with E-state index in [-0.39, 0.29) is 0 Å². The molecule has 1 saturated heterocycles. The molecular weight excluding hydrogens is 223 g/mol.